The van der Waals surface area contributed by atoms with Gasteiger partial charge in [0, 0.05) is 35.9 Å². The third-order valence-electron chi connectivity index (χ3n) is 5.53. The van der Waals surface area contributed by atoms with Crippen molar-refractivity contribution in [2.45, 2.75) is 44.9 Å². The number of nitrogens with zero attached hydrogens (tertiary/aromatic N) is 1. The Bertz CT molecular complexity index is 894. The summed E-state index contributed by atoms with van der Waals surface area (Å²) in [7, 11) is 0. The van der Waals surface area contributed by atoms with Crippen LogP contribution in [0.15, 0.2) is 54.7 Å². The van der Waals surface area contributed by atoms with Crippen molar-refractivity contribution in [3.63, 3.8) is 0 Å². The number of phenolic OH excluding ortho intramolecular Hbond substituents is 1. The number of anilines is 1. The van der Waals surface area contributed by atoms with Gasteiger partial charge in [-0.2, -0.15) is 0 Å². The number of phenols is 1. The van der Waals surface area contributed by atoms with E-state index >= 15 is 0 Å². The number of piperidine rings is 1. The lowest BCUT2D eigenvalue weighted by atomic mass is 10.0. The number of likely N-dealkylation sites (tertiary alicyclic amines) is 1. The molecule has 3 rings (SSSR count). The van der Waals surface area contributed by atoms with Gasteiger partial charge < -0.3 is 25.6 Å². The number of hydrogen-bond donors (Lipinski definition) is 4. The smallest absolute Gasteiger partial charge is 0.146 e. The largest absolute Gasteiger partial charge is 0.508 e. The first-order chi connectivity index (χ1) is 15.2. The summed E-state index contributed by atoms with van der Waals surface area (Å²) in [4.78, 5) is 2.45. The molecule has 1 saturated heterocycles. The predicted octanol–water partition coefficient (Wildman–Crippen LogP) is 4.38. The van der Waals surface area contributed by atoms with E-state index in [1.165, 1.54) is 11.6 Å². The monoisotopic (exact) mass is 459 g/mol. The highest BCUT2D eigenvalue weighted by Crippen LogP contribution is 2.30. The Kier molecular flexibility index (Phi) is 8.43. The average Bonchev–Trinajstić information content (AvgIpc) is 2.75. The molecule has 6 nitrogen and oxygen atoms in total. The molecule has 0 bridgehead atoms. The fourth-order valence-corrected chi connectivity index (χ4v) is 3.88. The number of benzene rings is 2. The number of halogens is 1. The lowest BCUT2D eigenvalue weighted by molar-refractivity contribution is 0.00832. The van der Waals surface area contributed by atoms with Gasteiger partial charge in [0.15, 0.2) is 0 Å². The molecule has 0 aliphatic carbocycles. The highest BCUT2D eigenvalue weighted by atomic mass is 35.5. The van der Waals surface area contributed by atoms with Crippen molar-refractivity contribution in [3.05, 3.63) is 65.3 Å². The summed E-state index contributed by atoms with van der Waals surface area (Å²) in [5, 5.41) is 28.0. The van der Waals surface area contributed by atoms with Gasteiger partial charge in [-0.05, 0) is 69.6 Å². The molecule has 1 aliphatic heterocycles. The van der Waals surface area contributed by atoms with E-state index in [1.54, 1.807) is 19.1 Å². The lowest BCUT2D eigenvalue weighted by Crippen LogP contribution is -2.49. The molecule has 1 heterocycles. The lowest BCUT2D eigenvalue weighted by Gasteiger charge is -2.34. The summed E-state index contributed by atoms with van der Waals surface area (Å²) in [6.45, 7) is 10.9. The number of ether oxygens (including phenoxy) is 1. The van der Waals surface area contributed by atoms with Crippen LogP contribution in [0.1, 0.15) is 32.3 Å². The van der Waals surface area contributed by atoms with E-state index in [-0.39, 0.29) is 12.4 Å². The van der Waals surface area contributed by atoms with Crippen LogP contribution in [-0.4, -0.2) is 53.0 Å². The van der Waals surface area contributed by atoms with Crippen LogP contribution in [-0.2, 0) is 6.54 Å². The second-order valence-electron chi connectivity index (χ2n) is 8.93. The minimum atomic E-state index is -1.05. The van der Waals surface area contributed by atoms with Crippen LogP contribution >= 0.6 is 11.6 Å². The third-order valence-corrected chi connectivity index (χ3v) is 5.78. The van der Waals surface area contributed by atoms with Gasteiger partial charge in [0.1, 0.15) is 23.7 Å². The molecule has 1 fully saturated rings. The maximum Gasteiger partial charge on any atom is 0.146 e. The molecule has 0 saturated carbocycles. The van der Waals surface area contributed by atoms with Crippen molar-refractivity contribution in [2.24, 2.45) is 0 Å². The first-order valence-corrected chi connectivity index (χ1v) is 11.4. The normalized spacial score (nSPS) is 17.0. The van der Waals surface area contributed by atoms with Crippen molar-refractivity contribution in [2.75, 3.05) is 31.6 Å². The summed E-state index contributed by atoms with van der Waals surface area (Å²) in [5.74, 6) is 0.583. The molecule has 0 spiro atoms. The first kappa shape index (κ1) is 24.4. The molecule has 1 atom stereocenters. The van der Waals surface area contributed by atoms with Crippen molar-refractivity contribution in [3.8, 4) is 11.5 Å². The molecular weight excluding hydrogens is 426 g/mol. The maximum atomic E-state index is 10.8. The van der Waals surface area contributed by atoms with Crippen LogP contribution in [0.2, 0.25) is 5.02 Å². The van der Waals surface area contributed by atoms with Gasteiger partial charge in [0.25, 0.3) is 0 Å². The first-order valence-electron chi connectivity index (χ1n) is 11.0. The van der Waals surface area contributed by atoms with Crippen molar-refractivity contribution in [1.29, 1.82) is 0 Å². The van der Waals surface area contributed by atoms with Gasteiger partial charge >= 0.3 is 0 Å². The number of rotatable bonds is 10. The summed E-state index contributed by atoms with van der Waals surface area (Å²) < 4.78 is 5.84. The SMILES string of the molecule is C=C(C)Nc1ccc(O)cc1OC[C@@](C)(O)CNC1CCN(Cc2ccc(Cl)cc2)CC1. The van der Waals surface area contributed by atoms with Crippen molar-refractivity contribution < 1.29 is 14.9 Å². The zero-order valence-electron chi connectivity index (χ0n) is 18.9. The fourth-order valence-electron chi connectivity index (χ4n) is 3.76. The molecule has 0 amide bonds. The minimum Gasteiger partial charge on any atom is -0.508 e. The van der Waals surface area contributed by atoms with Gasteiger partial charge in [-0.25, -0.2) is 0 Å². The molecule has 1 aliphatic rings. The zero-order valence-corrected chi connectivity index (χ0v) is 19.7. The highest BCUT2D eigenvalue weighted by Gasteiger charge is 2.26. The molecule has 2 aromatic carbocycles. The molecule has 0 unspecified atom stereocenters. The molecule has 0 aromatic heterocycles. The number of nitrogens with one attached hydrogen (secondary N) is 2. The number of aliphatic hydroxyl groups is 1. The Labute approximate surface area is 195 Å². The summed E-state index contributed by atoms with van der Waals surface area (Å²) >= 11 is 5.97. The summed E-state index contributed by atoms with van der Waals surface area (Å²) in [6.07, 6.45) is 2.06. The highest BCUT2D eigenvalue weighted by molar-refractivity contribution is 6.30. The topological polar surface area (TPSA) is 77.0 Å². The van der Waals surface area contributed by atoms with E-state index in [0.717, 1.165) is 43.2 Å². The van der Waals surface area contributed by atoms with Gasteiger partial charge in [-0.1, -0.05) is 30.3 Å². The number of allylic oxidation sites excluding steroid dienone is 1. The van der Waals surface area contributed by atoms with E-state index in [4.69, 9.17) is 16.3 Å². The molecule has 4 N–H and O–H groups in total. The molecule has 174 valence electrons. The number of hydrogen-bond acceptors (Lipinski definition) is 6. The van der Waals surface area contributed by atoms with Gasteiger partial charge in [0.2, 0.25) is 0 Å². The Hall–Kier alpha value is -2.25. The van der Waals surface area contributed by atoms with E-state index < -0.39 is 5.60 Å². The van der Waals surface area contributed by atoms with Crippen molar-refractivity contribution >= 4 is 17.3 Å². The van der Waals surface area contributed by atoms with Crippen LogP contribution in [0.3, 0.4) is 0 Å². The molecule has 32 heavy (non-hydrogen) atoms. The standard InChI is InChI=1S/C25H34ClN3O3/c1-18(2)28-23-9-8-22(30)14-24(23)32-17-25(3,31)16-27-21-10-12-29(13-11-21)15-19-4-6-20(26)7-5-19/h4-9,14,21,27-28,30-31H,1,10-13,15-17H2,2-3H3/t25-/m0/s1. The molecule has 2 aromatic rings. The van der Waals surface area contributed by atoms with Gasteiger partial charge in [-0.3, -0.25) is 4.90 Å². The molecular formula is C25H34ClN3O3. The predicted molar refractivity (Wildman–Crippen MR) is 130 cm³/mol. The maximum absolute atomic E-state index is 10.8. The minimum absolute atomic E-state index is 0.101. The van der Waals surface area contributed by atoms with Crippen LogP contribution < -0.4 is 15.4 Å². The second-order valence-corrected chi connectivity index (χ2v) is 9.37. The summed E-state index contributed by atoms with van der Waals surface area (Å²) in [5.41, 5.74) is 1.68. The average molecular weight is 460 g/mol. The zero-order chi connectivity index (χ0) is 23.1. The second kappa shape index (κ2) is 11.1. The van der Waals surface area contributed by atoms with E-state index in [1.807, 2.05) is 19.1 Å². The fraction of sp³-hybridized carbons (Fsp3) is 0.440. The van der Waals surface area contributed by atoms with Gasteiger partial charge in [0.05, 0.1) is 5.69 Å². The van der Waals surface area contributed by atoms with Crippen molar-refractivity contribution in [1.82, 2.24) is 10.2 Å². The van der Waals surface area contributed by atoms with Crippen LogP contribution in [0.25, 0.3) is 0 Å². The molecule has 7 heteroatoms. The quantitative estimate of drug-likeness (QED) is 0.395. The Morgan fingerprint density at radius 3 is 2.56 bits per heavy atom. The Morgan fingerprint density at radius 1 is 1.22 bits per heavy atom. The van der Waals surface area contributed by atoms with E-state index in [2.05, 4.69) is 34.2 Å². The van der Waals surface area contributed by atoms with Crippen LogP contribution in [0.4, 0.5) is 5.69 Å². The third kappa shape index (κ3) is 7.71. The van der Waals surface area contributed by atoms with Crippen LogP contribution in [0.5, 0.6) is 11.5 Å². The van der Waals surface area contributed by atoms with Gasteiger partial charge in [-0.15, -0.1) is 0 Å². The Morgan fingerprint density at radius 2 is 1.91 bits per heavy atom. The van der Waals surface area contributed by atoms with Crippen LogP contribution in [0, 0.1) is 0 Å². The Balaban J connectivity index is 1.43. The summed E-state index contributed by atoms with van der Waals surface area (Å²) in [6, 6.07) is 13.2. The van der Waals surface area contributed by atoms with E-state index in [9.17, 15) is 10.2 Å². The number of aromatic hydroxyl groups is 1. The molecule has 0 radical (unpaired) electrons. The van der Waals surface area contributed by atoms with E-state index in [0.29, 0.717) is 24.0 Å².